The number of halogens is 4. The van der Waals surface area contributed by atoms with Gasteiger partial charge in [0, 0.05) is 30.4 Å². The Morgan fingerprint density at radius 2 is 1.89 bits per heavy atom. The number of aliphatic carboxylic acids is 1. The molecule has 0 unspecified atom stereocenters. The van der Waals surface area contributed by atoms with Crippen molar-refractivity contribution in [2.24, 2.45) is 5.92 Å². The quantitative estimate of drug-likeness (QED) is 0.484. The average Bonchev–Trinajstić information content (AvgIpc) is 3.18. The van der Waals surface area contributed by atoms with Gasteiger partial charge < -0.3 is 19.3 Å². The molecule has 0 radical (unpaired) electrons. The lowest BCUT2D eigenvalue weighted by molar-refractivity contribution is -0.275. The molecule has 1 amide bonds. The predicted molar refractivity (Wildman–Crippen MR) is 128 cm³/mol. The Balaban J connectivity index is 1.35. The van der Waals surface area contributed by atoms with E-state index < -0.39 is 23.9 Å². The largest absolute Gasteiger partial charge is 0.573 e. The molecule has 1 aromatic carbocycles. The van der Waals surface area contributed by atoms with Gasteiger partial charge in [0.15, 0.2) is 11.6 Å². The zero-order valence-corrected chi connectivity index (χ0v) is 20.4. The number of carboxylic acids is 1. The molecule has 12 heteroatoms. The first-order valence-corrected chi connectivity index (χ1v) is 12.3. The molecule has 1 saturated heterocycles. The fraction of sp³-hybridized carbons (Fsp3) is 0.423. The van der Waals surface area contributed by atoms with Gasteiger partial charge in [-0.1, -0.05) is 6.07 Å². The summed E-state index contributed by atoms with van der Waals surface area (Å²) in [5.41, 5.74) is 2.96. The summed E-state index contributed by atoms with van der Waals surface area (Å²) in [5.74, 6) is -3.26. The molecule has 38 heavy (non-hydrogen) atoms. The molecule has 2 aromatic heterocycles. The number of carbonyl (C=O) groups is 2. The second kappa shape index (κ2) is 10.2. The molecule has 0 saturated carbocycles. The third-order valence-corrected chi connectivity index (χ3v) is 7.23. The van der Waals surface area contributed by atoms with Gasteiger partial charge >= 0.3 is 12.3 Å². The molecule has 5 rings (SSSR count). The van der Waals surface area contributed by atoms with Crippen LogP contribution in [0.5, 0.6) is 5.75 Å². The number of fused-ring (bicyclic) bond motifs is 3. The number of aromatic nitrogens is 2. The van der Waals surface area contributed by atoms with Crippen LogP contribution in [0.3, 0.4) is 0 Å². The maximum Gasteiger partial charge on any atom is 0.573 e. The van der Waals surface area contributed by atoms with Gasteiger partial charge in [-0.3, -0.25) is 14.5 Å². The maximum atomic E-state index is 14.4. The monoisotopic (exact) mass is 534 g/mol. The summed E-state index contributed by atoms with van der Waals surface area (Å²) in [6.07, 6.45) is -1.74. The molecule has 0 atom stereocenters. The highest BCUT2D eigenvalue weighted by Crippen LogP contribution is 2.32. The van der Waals surface area contributed by atoms with Gasteiger partial charge in [-0.25, -0.2) is 9.37 Å². The maximum absolute atomic E-state index is 14.4. The second-order valence-corrected chi connectivity index (χ2v) is 9.65. The molecule has 1 fully saturated rings. The van der Waals surface area contributed by atoms with Crippen LogP contribution in [0, 0.1) is 11.7 Å². The minimum absolute atomic E-state index is 0.0612. The summed E-state index contributed by atoms with van der Waals surface area (Å²) in [7, 11) is 0. The van der Waals surface area contributed by atoms with E-state index in [2.05, 4.69) is 9.72 Å². The van der Waals surface area contributed by atoms with E-state index in [-0.39, 0.29) is 24.9 Å². The van der Waals surface area contributed by atoms with Crippen LogP contribution in [0.4, 0.5) is 17.6 Å². The number of likely N-dealkylation sites (tertiary alicyclic amines) is 1. The van der Waals surface area contributed by atoms with Crippen molar-refractivity contribution in [1.82, 2.24) is 19.4 Å². The number of nitrogens with zero attached hydrogens (tertiary/aromatic N) is 4. The van der Waals surface area contributed by atoms with E-state index in [1.165, 1.54) is 6.07 Å². The molecule has 0 aliphatic carbocycles. The standard InChI is InChI=1S/C26H26F4N4O4/c27-20-12-16(3-4-22(20)38-26(28,29)30)13-34-21-14-33(11-7-18(21)19-2-1-8-31-24(19)34)23(35)15-32-9-5-17(6-10-32)25(36)37/h1-4,8,12,17H,5-7,9-11,13-15H2,(H,36,37). The van der Waals surface area contributed by atoms with Crippen molar-refractivity contribution in [3.8, 4) is 5.75 Å². The van der Waals surface area contributed by atoms with Gasteiger partial charge in [0.1, 0.15) is 5.65 Å². The van der Waals surface area contributed by atoms with E-state index in [0.717, 1.165) is 28.8 Å². The van der Waals surface area contributed by atoms with Crippen LogP contribution < -0.4 is 4.74 Å². The molecule has 202 valence electrons. The summed E-state index contributed by atoms with van der Waals surface area (Å²) >= 11 is 0. The number of rotatable bonds is 6. The Kier molecular flexibility index (Phi) is 6.99. The number of pyridine rings is 1. The van der Waals surface area contributed by atoms with Crippen LogP contribution in [-0.4, -0.2) is 68.9 Å². The topological polar surface area (TPSA) is 87.9 Å². The lowest BCUT2D eigenvalue weighted by Gasteiger charge is -2.33. The molecular weight excluding hydrogens is 508 g/mol. The van der Waals surface area contributed by atoms with E-state index in [1.807, 2.05) is 21.6 Å². The Morgan fingerprint density at radius 1 is 1.13 bits per heavy atom. The smallest absolute Gasteiger partial charge is 0.481 e. The SMILES string of the molecule is O=C(O)C1CCN(CC(=O)N2CCc3c(n(Cc4ccc(OC(F)(F)F)c(F)c4)c4ncccc34)C2)CC1. The van der Waals surface area contributed by atoms with Crippen LogP contribution in [0.1, 0.15) is 29.7 Å². The van der Waals surface area contributed by atoms with Crippen molar-refractivity contribution in [1.29, 1.82) is 0 Å². The van der Waals surface area contributed by atoms with Crippen molar-refractivity contribution < 1.29 is 37.0 Å². The Labute approximate surface area is 215 Å². The summed E-state index contributed by atoms with van der Waals surface area (Å²) in [4.78, 5) is 32.6. The molecule has 4 heterocycles. The van der Waals surface area contributed by atoms with Gasteiger partial charge in [-0.05, 0) is 67.7 Å². The van der Waals surface area contributed by atoms with E-state index >= 15 is 0 Å². The van der Waals surface area contributed by atoms with Crippen LogP contribution >= 0.6 is 0 Å². The summed E-state index contributed by atoms with van der Waals surface area (Å²) in [6.45, 7) is 2.28. The third kappa shape index (κ3) is 5.45. The second-order valence-electron chi connectivity index (χ2n) is 9.65. The van der Waals surface area contributed by atoms with Gasteiger partial charge in [0.2, 0.25) is 5.91 Å². The van der Waals surface area contributed by atoms with Crippen molar-refractivity contribution in [3.05, 3.63) is 59.2 Å². The highest BCUT2D eigenvalue weighted by Gasteiger charge is 2.33. The number of benzene rings is 1. The summed E-state index contributed by atoms with van der Waals surface area (Å²) < 4.78 is 57.6. The van der Waals surface area contributed by atoms with Gasteiger partial charge in [-0.2, -0.15) is 0 Å². The van der Waals surface area contributed by atoms with Crippen molar-refractivity contribution >= 4 is 22.9 Å². The predicted octanol–water partition coefficient (Wildman–Crippen LogP) is 3.80. The zero-order valence-electron chi connectivity index (χ0n) is 20.4. The number of ether oxygens (including phenoxy) is 1. The lowest BCUT2D eigenvalue weighted by Crippen LogP contribution is -2.45. The van der Waals surface area contributed by atoms with E-state index in [0.29, 0.717) is 56.7 Å². The molecule has 0 spiro atoms. The normalized spacial score (nSPS) is 17.0. The number of piperidine rings is 1. The number of amides is 1. The lowest BCUT2D eigenvalue weighted by atomic mass is 9.97. The molecule has 1 N–H and O–H groups in total. The minimum Gasteiger partial charge on any atom is -0.481 e. The van der Waals surface area contributed by atoms with Crippen LogP contribution in [-0.2, 0) is 29.1 Å². The summed E-state index contributed by atoms with van der Waals surface area (Å²) in [5, 5.41) is 10.1. The highest BCUT2D eigenvalue weighted by molar-refractivity contribution is 5.84. The first-order valence-electron chi connectivity index (χ1n) is 12.3. The fourth-order valence-corrected chi connectivity index (χ4v) is 5.31. The van der Waals surface area contributed by atoms with Gasteiger partial charge in [-0.15, -0.1) is 13.2 Å². The van der Waals surface area contributed by atoms with Crippen LogP contribution in [0.2, 0.25) is 0 Å². The van der Waals surface area contributed by atoms with E-state index in [9.17, 15) is 32.3 Å². The first kappa shape index (κ1) is 26.0. The Hall–Kier alpha value is -3.67. The molecule has 2 aliphatic heterocycles. The first-order chi connectivity index (χ1) is 18.1. The molecule has 0 bridgehead atoms. The van der Waals surface area contributed by atoms with E-state index in [4.69, 9.17) is 0 Å². The number of alkyl halides is 3. The molecular formula is C26H26F4N4O4. The minimum atomic E-state index is -5.00. The highest BCUT2D eigenvalue weighted by atomic mass is 19.4. The molecule has 8 nitrogen and oxygen atoms in total. The number of carbonyl (C=O) groups excluding carboxylic acids is 1. The molecule has 2 aliphatic rings. The number of hydrogen-bond acceptors (Lipinski definition) is 5. The van der Waals surface area contributed by atoms with Crippen molar-refractivity contribution in [2.75, 3.05) is 26.2 Å². The number of hydrogen-bond donors (Lipinski definition) is 1. The number of carboxylic acid groups (broad SMARTS) is 1. The zero-order chi connectivity index (χ0) is 27.0. The van der Waals surface area contributed by atoms with Gasteiger partial charge in [0.05, 0.1) is 19.0 Å². The van der Waals surface area contributed by atoms with E-state index in [1.54, 1.807) is 11.1 Å². The van der Waals surface area contributed by atoms with Crippen LogP contribution in [0.25, 0.3) is 11.0 Å². The molecule has 3 aromatic rings. The van der Waals surface area contributed by atoms with Crippen molar-refractivity contribution in [3.63, 3.8) is 0 Å². The van der Waals surface area contributed by atoms with Crippen LogP contribution in [0.15, 0.2) is 36.5 Å². The fourth-order valence-electron chi connectivity index (χ4n) is 5.31. The summed E-state index contributed by atoms with van der Waals surface area (Å²) in [6, 6.07) is 7.08. The van der Waals surface area contributed by atoms with Crippen molar-refractivity contribution in [2.45, 2.75) is 38.7 Å². The Bertz CT molecular complexity index is 1370. The van der Waals surface area contributed by atoms with Gasteiger partial charge in [0.25, 0.3) is 0 Å². The average molecular weight is 535 g/mol. The Morgan fingerprint density at radius 3 is 2.58 bits per heavy atom. The third-order valence-electron chi connectivity index (χ3n) is 7.23.